The van der Waals surface area contributed by atoms with Crippen molar-refractivity contribution in [2.24, 2.45) is 12.8 Å². The standard InChI is InChI=1S/C13H17N5S/c1-8-4-5-11(12(14)19)13(16-8)15-6-10-7-18(3)17-9(10)2/h4-5,7H,6H2,1-3H3,(H2,14,19)(H,15,16). The number of nitrogens with two attached hydrogens (primary N) is 1. The van der Waals surface area contributed by atoms with Crippen molar-refractivity contribution in [1.29, 1.82) is 0 Å². The van der Waals surface area contributed by atoms with Crippen LogP contribution in [0.25, 0.3) is 0 Å². The first kappa shape index (κ1) is 13.5. The minimum atomic E-state index is 0.345. The fourth-order valence-electron chi connectivity index (χ4n) is 1.89. The Bertz CT molecular complexity index is 617. The Morgan fingerprint density at radius 1 is 1.42 bits per heavy atom. The van der Waals surface area contributed by atoms with Crippen LogP contribution in [-0.2, 0) is 13.6 Å². The number of hydrogen-bond acceptors (Lipinski definition) is 4. The number of aryl methyl sites for hydroxylation is 3. The molecule has 0 unspecified atom stereocenters. The third kappa shape index (κ3) is 3.08. The van der Waals surface area contributed by atoms with E-state index in [1.54, 1.807) is 4.68 Å². The van der Waals surface area contributed by atoms with Gasteiger partial charge in [-0.05, 0) is 26.0 Å². The zero-order valence-corrected chi connectivity index (χ0v) is 12.1. The lowest BCUT2D eigenvalue weighted by Gasteiger charge is -2.10. The highest BCUT2D eigenvalue weighted by Gasteiger charge is 2.08. The molecule has 0 aromatic carbocycles. The summed E-state index contributed by atoms with van der Waals surface area (Å²) in [7, 11) is 1.90. The number of thiocarbonyl (C=S) groups is 1. The van der Waals surface area contributed by atoms with Gasteiger partial charge in [0.2, 0.25) is 0 Å². The van der Waals surface area contributed by atoms with Crippen LogP contribution in [0, 0.1) is 13.8 Å². The molecule has 0 fully saturated rings. The van der Waals surface area contributed by atoms with Crippen LogP contribution in [0.1, 0.15) is 22.5 Å². The summed E-state index contributed by atoms with van der Waals surface area (Å²) in [5.41, 5.74) is 9.51. The monoisotopic (exact) mass is 275 g/mol. The molecular formula is C13H17N5S. The summed E-state index contributed by atoms with van der Waals surface area (Å²) in [6, 6.07) is 3.79. The zero-order chi connectivity index (χ0) is 14.0. The number of aromatic nitrogens is 3. The minimum Gasteiger partial charge on any atom is -0.389 e. The molecule has 0 amide bonds. The van der Waals surface area contributed by atoms with Crippen LogP contribution in [0.15, 0.2) is 18.3 Å². The van der Waals surface area contributed by atoms with Crippen LogP contribution >= 0.6 is 12.2 Å². The molecule has 0 bridgehead atoms. The zero-order valence-electron chi connectivity index (χ0n) is 11.3. The fourth-order valence-corrected chi connectivity index (χ4v) is 2.06. The van der Waals surface area contributed by atoms with E-state index in [1.165, 1.54) is 0 Å². The molecule has 6 heteroatoms. The summed E-state index contributed by atoms with van der Waals surface area (Å²) < 4.78 is 1.80. The number of anilines is 1. The van der Waals surface area contributed by atoms with Crippen molar-refractivity contribution in [2.75, 3.05) is 5.32 Å². The van der Waals surface area contributed by atoms with Gasteiger partial charge in [0, 0.05) is 31.0 Å². The highest BCUT2D eigenvalue weighted by molar-refractivity contribution is 7.80. The summed E-state index contributed by atoms with van der Waals surface area (Å²) >= 11 is 5.03. The Labute approximate surface area is 117 Å². The van der Waals surface area contributed by atoms with Crippen LogP contribution < -0.4 is 11.1 Å². The van der Waals surface area contributed by atoms with Crippen molar-refractivity contribution >= 4 is 23.0 Å². The van der Waals surface area contributed by atoms with E-state index in [-0.39, 0.29) is 0 Å². The van der Waals surface area contributed by atoms with Crippen LogP contribution in [0.3, 0.4) is 0 Å². The van der Waals surface area contributed by atoms with Crippen LogP contribution in [0.4, 0.5) is 5.82 Å². The van der Waals surface area contributed by atoms with Crippen molar-refractivity contribution in [1.82, 2.24) is 14.8 Å². The highest BCUT2D eigenvalue weighted by Crippen LogP contribution is 2.15. The van der Waals surface area contributed by atoms with Crippen molar-refractivity contribution in [3.63, 3.8) is 0 Å². The van der Waals surface area contributed by atoms with Crippen molar-refractivity contribution < 1.29 is 0 Å². The largest absolute Gasteiger partial charge is 0.389 e. The van der Waals surface area contributed by atoms with Crippen molar-refractivity contribution in [3.05, 3.63) is 40.8 Å². The van der Waals surface area contributed by atoms with Crippen molar-refractivity contribution in [3.8, 4) is 0 Å². The van der Waals surface area contributed by atoms with Gasteiger partial charge in [-0.1, -0.05) is 12.2 Å². The molecule has 19 heavy (non-hydrogen) atoms. The maximum absolute atomic E-state index is 5.70. The van der Waals surface area contributed by atoms with Gasteiger partial charge in [0.05, 0.1) is 11.3 Å². The van der Waals surface area contributed by atoms with Gasteiger partial charge >= 0.3 is 0 Å². The molecule has 100 valence electrons. The Balaban J connectivity index is 2.21. The van der Waals surface area contributed by atoms with Gasteiger partial charge in [-0.3, -0.25) is 4.68 Å². The lowest BCUT2D eigenvalue weighted by molar-refractivity contribution is 0.756. The predicted octanol–water partition coefficient (Wildman–Crippen LogP) is 1.68. The molecule has 0 atom stereocenters. The number of rotatable bonds is 4. The number of nitrogens with one attached hydrogen (secondary N) is 1. The van der Waals surface area contributed by atoms with Gasteiger partial charge in [-0.25, -0.2) is 4.98 Å². The lowest BCUT2D eigenvalue weighted by atomic mass is 10.2. The molecule has 0 aliphatic rings. The number of hydrogen-bond donors (Lipinski definition) is 2. The molecule has 2 aromatic rings. The van der Waals surface area contributed by atoms with Crippen LogP contribution in [0.2, 0.25) is 0 Å². The summed E-state index contributed by atoms with van der Waals surface area (Å²) in [6.45, 7) is 4.56. The topological polar surface area (TPSA) is 68.8 Å². The van der Waals surface area contributed by atoms with Gasteiger partial charge in [-0.2, -0.15) is 5.10 Å². The van der Waals surface area contributed by atoms with E-state index in [4.69, 9.17) is 18.0 Å². The Morgan fingerprint density at radius 2 is 2.16 bits per heavy atom. The van der Waals surface area contributed by atoms with Crippen LogP contribution in [-0.4, -0.2) is 19.8 Å². The van der Waals surface area contributed by atoms with E-state index in [1.807, 2.05) is 39.2 Å². The molecule has 2 aromatic heterocycles. The molecule has 2 rings (SSSR count). The third-order valence-corrected chi connectivity index (χ3v) is 3.08. The first-order valence-electron chi connectivity index (χ1n) is 5.98. The second-order valence-corrected chi connectivity index (χ2v) is 4.92. The summed E-state index contributed by atoms with van der Waals surface area (Å²) in [5.74, 6) is 0.718. The molecule has 5 nitrogen and oxygen atoms in total. The van der Waals surface area contributed by atoms with E-state index < -0.39 is 0 Å². The molecule has 0 aliphatic carbocycles. The average Bonchev–Trinajstić information content (AvgIpc) is 2.65. The summed E-state index contributed by atoms with van der Waals surface area (Å²) in [6.07, 6.45) is 1.98. The Kier molecular flexibility index (Phi) is 3.80. The van der Waals surface area contributed by atoms with Gasteiger partial charge in [0.25, 0.3) is 0 Å². The molecule has 2 heterocycles. The van der Waals surface area contributed by atoms with Crippen LogP contribution in [0.5, 0.6) is 0 Å². The first-order chi connectivity index (χ1) is 8.97. The highest BCUT2D eigenvalue weighted by atomic mass is 32.1. The summed E-state index contributed by atoms with van der Waals surface area (Å²) in [5, 5.41) is 7.58. The molecule has 3 N–H and O–H groups in total. The number of nitrogens with zero attached hydrogens (tertiary/aromatic N) is 3. The second kappa shape index (κ2) is 5.36. The van der Waals surface area contributed by atoms with Gasteiger partial charge in [0.15, 0.2) is 0 Å². The van der Waals surface area contributed by atoms with E-state index in [0.717, 1.165) is 28.3 Å². The first-order valence-corrected chi connectivity index (χ1v) is 6.38. The molecule has 0 saturated heterocycles. The smallest absolute Gasteiger partial charge is 0.136 e. The molecule has 0 spiro atoms. The SMILES string of the molecule is Cc1ccc(C(N)=S)c(NCc2cn(C)nc2C)n1. The van der Waals surface area contributed by atoms with E-state index >= 15 is 0 Å². The minimum absolute atomic E-state index is 0.345. The molecular weight excluding hydrogens is 258 g/mol. The fraction of sp³-hybridized carbons (Fsp3) is 0.308. The molecule has 0 aliphatic heterocycles. The van der Waals surface area contributed by atoms with Gasteiger partial charge in [-0.15, -0.1) is 0 Å². The Hall–Kier alpha value is -1.95. The average molecular weight is 275 g/mol. The lowest BCUT2D eigenvalue weighted by Crippen LogP contribution is -2.15. The van der Waals surface area contributed by atoms with E-state index in [2.05, 4.69) is 15.4 Å². The van der Waals surface area contributed by atoms with Gasteiger partial charge < -0.3 is 11.1 Å². The Morgan fingerprint density at radius 3 is 2.74 bits per heavy atom. The maximum atomic E-state index is 5.70. The second-order valence-electron chi connectivity index (χ2n) is 4.48. The molecule has 0 saturated carbocycles. The van der Waals surface area contributed by atoms with E-state index in [9.17, 15) is 0 Å². The molecule has 0 radical (unpaired) electrons. The van der Waals surface area contributed by atoms with Crippen molar-refractivity contribution in [2.45, 2.75) is 20.4 Å². The van der Waals surface area contributed by atoms with E-state index in [0.29, 0.717) is 11.5 Å². The quantitative estimate of drug-likeness (QED) is 0.831. The van der Waals surface area contributed by atoms with Gasteiger partial charge in [0.1, 0.15) is 10.8 Å². The third-order valence-electron chi connectivity index (χ3n) is 2.86. The predicted molar refractivity (Wildman–Crippen MR) is 80.1 cm³/mol. The maximum Gasteiger partial charge on any atom is 0.136 e. The summed E-state index contributed by atoms with van der Waals surface area (Å²) in [4.78, 5) is 4.79. The normalized spacial score (nSPS) is 10.5. The number of pyridine rings is 1.